The Balaban J connectivity index is 1.29. The van der Waals surface area contributed by atoms with Gasteiger partial charge in [0.1, 0.15) is 11.2 Å². The Labute approximate surface area is 384 Å². The molecule has 4 heteroatoms. The zero-order chi connectivity index (χ0) is 45.1. The fraction of sp³-hybridized carbons (Fsp3) is 0.311. The smallest absolute Gasteiger partial charge is 0.333 e. The Morgan fingerprint density at radius 1 is 0.554 bits per heavy atom. The summed E-state index contributed by atoms with van der Waals surface area (Å²) >= 11 is 0. The first-order chi connectivity index (χ1) is 30.8. The molecule has 0 radical (unpaired) electrons. The average Bonchev–Trinajstić information content (AvgIpc) is 3.88. The molecule has 4 aliphatic rings. The largest absolute Gasteiger partial charge is 0.456 e. The number of hydrogen-bond donors (Lipinski definition) is 0. The van der Waals surface area contributed by atoms with Crippen LogP contribution in [-0.4, -0.2) is 11.4 Å². The third kappa shape index (κ3) is 5.04. The Hall–Kier alpha value is -6.00. The zero-order valence-electron chi connectivity index (χ0n) is 40.3. The van der Waals surface area contributed by atoms with Crippen molar-refractivity contribution in [2.45, 2.75) is 123 Å². The van der Waals surface area contributed by atoms with Crippen molar-refractivity contribution in [1.29, 1.82) is 0 Å². The van der Waals surface area contributed by atoms with E-state index in [1.807, 2.05) is 0 Å². The molecule has 0 unspecified atom stereocenters. The van der Waals surface area contributed by atoms with Gasteiger partial charge in [-0.25, -0.2) is 0 Å². The van der Waals surface area contributed by atoms with Crippen LogP contribution in [0.1, 0.15) is 129 Å². The van der Waals surface area contributed by atoms with Crippen LogP contribution in [-0.2, 0) is 27.1 Å². The van der Waals surface area contributed by atoms with Gasteiger partial charge in [-0.3, -0.25) is 0 Å². The summed E-state index contributed by atoms with van der Waals surface area (Å²) in [5.41, 5.74) is 24.9. The van der Waals surface area contributed by atoms with Gasteiger partial charge in [-0.1, -0.05) is 150 Å². The van der Waals surface area contributed by atoms with Gasteiger partial charge in [-0.15, -0.1) is 0 Å². The lowest BCUT2D eigenvalue weighted by Gasteiger charge is -2.47. The maximum Gasteiger partial charge on any atom is 0.333 e. The summed E-state index contributed by atoms with van der Waals surface area (Å²) in [7, 11) is 0. The molecule has 13 rings (SSSR count). The molecule has 2 aromatic heterocycles. The van der Waals surface area contributed by atoms with Crippen molar-refractivity contribution < 1.29 is 4.42 Å². The van der Waals surface area contributed by atoms with Crippen LogP contribution in [0.4, 0.5) is 11.4 Å². The van der Waals surface area contributed by atoms with Crippen LogP contribution >= 0.6 is 0 Å². The number of para-hydroxylation sites is 1. The van der Waals surface area contributed by atoms with E-state index in [1.54, 1.807) is 0 Å². The molecule has 0 atom stereocenters. The van der Waals surface area contributed by atoms with E-state index in [0.717, 1.165) is 23.0 Å². The van der Waals surface area contributed by atoms with E-state index >= 15 is 0 Å². The topological polar surface area (TPSA) is 21.3 Å². The molecule has 3 nitrogen and oxygen atoms in total. The van der Waals surface area contributed by atoms with E-state index in [4.69, 9.17) is 4.42 Å². The minimum absolute atomic E-state index is 0.0210. The summed E-state index contributed by atoms with van der Waals surface area (Å²) < 4.78 is 9.45. The molecule has 0 saturated heterocycles. The van der Waals surface area contributed by atoms with E-state index < -0.39 is 0 Å². The van der Waals surface area contributed by atoms with Gasteiger partial charge in [0.05, 0.1) is 11.0 Å². The maximum absolute atomic E-state index is 6.80. The molecule has 0 fully saturated rings. The number of benzene rings is 7. The quantitative estimate of drug-likeness (QED) is 0.154. The van der Waals surface area contributed by atoms with Crippen molar-refractivity contribution in [3.05, 3.63) is 149 Å². The molecule has 2 aliphatic carbocycles. The molecule has 0 saturated carbocycles. The van der Waals surface area contributed by atoms with E-state index in [0.29, 0.717) is 0 Å². The van der Waals surface area contributed by atoms with Crippen LogP contribution in [0.3, 0.4) is 0 Å². The van der Waals surface area contributed by atoms with Gasteiger partial charge in [-0.05, 0) is 138 Å². The number of hydrogen-bond acceptors (Lipinski definition) is 2. The fourth-order valence-electron chi connectivity index (χ4n) is 13.0. The molecule has 9 aromatic rings. The number of nitrogens with zero attached hydrogens (tertiary/aromatic N) is 2. The summed E-state index contributed by atoms with van der Waals surface area (Å²) in [6, 6.07) is 45.1. The van der Waals surface area contributed by atoms with Crippen molar-refractivity contribution in [3.8, 4) is 27.9 Å². The molecule has 0 spiro atoms. The third-order valence-corrected chi connectivity index (χ3v) is 16.7. The van der Waals surface area contributed by atoms with Gasteiger partial charge in [0.2, 0.25) is 0 Å². The highest BCUT2D eigenvalue weighted by atomic mass is 16.3. The number of aromatic nitrogens is 1. The molecular formula is C61H59BN2O. The lowest BCUT2D eigenvalue weighted by molar-refractivity contribution is 0.332. The van der Waals surface area contributed by atoms with Crippen LogP contribution in [0.15, 0.2) is 120 Å². The first-order valence-corrected chi connectivity index (χ1v) is 24.1. The number of furan rings is 1. The monoisotopic (exact) mass is 846 g/mol. The summed E-state index contributed by atoms with van der Waals surface area (Å²) in [4.78, 5) is 2.76. The lowest BCUT2D eigenvalue weighted by Crippen LogP contribution is -2.61. The van der Waals surface area contributed by atoms with E-state index in [1.165, 1.54) is 117 Å². The minimum Gasteiger partial charge on any atom is -0.456 e. The van der Waals surface area contributed by atoms with Crippen LogP contribution < -0.4 is 15.7 Å². The second-order valence-electron chi connectivity index (χ2n) is 24.0. The molecule has 7 aromatic carbocycles. The zero-order valence-corrected chi connectivity index (χ0v) is 40.3. The van der Waals surface area contributed by atoms with Crippen molar-refractivity contribution in [2.24, 2.45) is 0 Å². The first-order valence-electron chi connectivity index (χ1n) is 24.1. The first kappa shape index (κ1) is 39.4. The highest BCUT2D eigenvalue weighted by molar-refractivity contribution is 6.94. The second-order valence-corrected chi connectivity index (χ2v) is 24.0. The molecule has 2 aliphatic heterocycles. The molecule has 65 heavy (non-hydrogen) atoms. The number of rotatable bonds is 1. The SMILES string of the molecule is CC(C)(C)c1ccc(N2B3c4cc5c(cc4-n4c6ccc(C(C)(C)C)cc6c6c7c(c(c3c64)-c3cc4c(cc32)C(C)(C)CCC4(C)C)C(C)(C)c2ccccc2-7)oc2ccccc25)cc1. The Bertz CT molecular complexity index is 3600. The predicted molar refractivity (Wildman–Crippen MR) is 277 cm³/mol. The average molecular weight is 847 g/mol. The van der Waals surface area contributed by atoms with Crippen molar-refractivity contribution >= 4 is 72.9 Å². The third-order valence-electron chi connectivity index (χ3n) is 16.7. The molecule has 0 bridgehead atoms. The Kier molecular flexibility index (Phi) is 7.43. The summed E-state index contributed by atoms with van der Waals surface area (Å²) in [5, 5.41) is 5.04. The summed E-state index contributed by atoms with van der Waals surface area (Å²) in [5.74, 6) is 0. The second kappa shape index (κ2) is 12.3. The van der Waals surface area contributed by atoms with Gasteiger partial charge in [-0.2, -0.15) is 0 Å². The van der Waals surface area contributed by atoms with Crippen LogP contribution in [0.2, 0.25) is 0 Å². The molecule has 0 N–H and O–H groups in total. The molecular weight excluding hydrogens is 787 g/mol. The Morgan fingerprint density at radius 3 is 1.94 bits per heavy atom. The maximum atomic E-state index is 6.80. The predicted octanol–water partition coefficient (Wildman–Crippen LogP) is 15.2. The van der Waals surface area contributed by atoms with Gasteiger partial charge >= 0.3 is 6.85 Å². The molecule has 4 heterocycles. The number of anilines is 2. The van der Waals surface area contributed by atoms with Crippen LogP contribution in [0.5, 0.6) is 0 Å². The molecule has 0 amide bonds. The van der Waals surface area contributed by atoms with Gasteiger partial charge in [0.25, 0.3) is 0 Å². The van der Waals surface area contributed by atoms with Gasteiger partial charge < -0.3 is 13.8 Å². The normalized spacial score (nSPS) is 17.4. The van der Waals surface area contributed by atoms with Crippen LogP contribution in [0, 0.1) is 0 Å². The highest BCUT2D eigenvalue weighted by Crippen LogP contribution is 2.60. The number of fused-ring (bicyclic) bond motifs is 17. The van der Waals surface area contributed by atoms with Gasteiger partial charge in [0.15, 0.2) is 0 Å². The van der Waals surface area contributed by atoms with E-state index in [9.17, 15) is 0 Å². The minimum atomic E-state index is -0.254. The van der Waals surface area contributed by atoms with E-state index in [2.05, 4.69) is 208 Å². The molecule has 322 valence electrons. The van der Waals surface area contributed by atoms with Crippen LogP contribution in [0.25, 0.3) is 71.7 Å². The van der Waals surface area contributed by atoms with Crippen molar-refractivity contribution in [2.75, 3.05) is 4.81 Å². The van der Waals surface area contributed by atoms with Crippen molar-refractivity contribution in [1.82, 2.24) is 4.57 Å². The summed E-state index contributed by atoms with van der Waals surface area (Å²) in [6.45, 7) is 28.8. The van der Waals surface area contributed by atoms with Crippen molar-refractivity contribution in [3.63, 3.8) is 0 Å². The standard InChI is InChI=1S/C61H59BN2O/c1-57(2,3)34-21-24-36(25-22-34)64-47-32-44-43(59(7,8)27-28-60(44,9)10)30-41(47)53-54-51(38-18-13-15-19-42(38)61(54,11)12)52-40-29-35(58(4,5)6)23-26-46(40)63-48-33-50-39(37-17-14-16-20-49(37)65-50)31-45(48)62(64)55(53)56(52)63/h13-26,29-33H,27-28H2,1-12H3. The Morgan fingerprint density at radius 2 is 1.22 bits per heavy atom. The summed E-state index contributed by atoms with van der Waals surface area (Å²) in [6.07, 6.45) is 2.33. The highest BCUT2D eigenvalue weighted by Gasteiger charge is 2.51. The fourth-order valence-corrected chi connectivity index (χ4v) is 13.0. The lowest BCUT2D eigenvalue weighted by atomic mass is 9.43. The van der Waals surface area contributed by atoms with Gasteiger partial charge in [0, 0.05) is 55.7 Å². The van der Waals surface area contributed by atoms with E-state index in [-0.39, 0.29) is 33.9 Å².